The van der Waals surface area contributed by atoms with Crippen molar-refractivity contribution in [3.8, 4) is 11.5 Å². The van der Waals surface area contributed by atoms with Gasteiger partial charge in [0, 0.05) is 32.0 Å². The van der Waals surface area contributed by atoms with Crippen LogP contribution < -0.4 is 14.8 Å². The van der Waals surface area contributed by atoms with Gasteiger partial charge in [0.25, 0.3) is 0 Å². The van der Waals surface area contributed by atoms with Crippen LogP contribution in [0.15, 0.2) is 18.2 Å². The van der Waals surface area contributed by atoms with Crippen LogP contribution in [-0.4, -0.2) is 50.6 Å². The summed E-state index contributed by atoms with van der Waals surface area (Å²) in [4.78, 5) is 26.6. The predicted octanol–water partition coefficient (Wildman–Crippen LogP) is 2.65. The van der Waals surface area contributed by atoms with Gasteiger partial charge < -0.3 is 19.7 Å². The summed E-state index contributed by atoms with van der Waals surface area (Å²) in [6, 6.07) is 5.73. The number of likely N-dealkylation sites (tertiary alicyclic amines) is 1. The SMILES string of the molecule is COc1ccc(CCC(=O)N2CCC(C(=O)NCC(C)C)CC2)cc1OC. The second kappa shape index (κ2) is 10.2. The topological polar surface area (TPSA) is 67.9 Å². The maximum absolute atomic E-state index is 12.5. The zero-order chi connectivity index (χ0) is 19.8. The summed E-state index contributed by atoms with van der Waals surface area (Å²) in [7, 11) is 3.21. The molecule has 1 aliphatic rings. The fourth-order valence-electron chi connectivity index (χ4n) is 3.29. The first-order chi connectivity index (χ1) is 12.9. The van der Waals surface area contributed by atoms with Gasteiger partial charge in [0.1, 0.15) is 0 Å². The number of rotatable bonds is 8. The first-order valence-corrected chi connectivity index (χ1v) is 9.71. The summed E-state index contributed by atoms with van der Waals surface area (Å²) in [6.07, 6.45) is 2.60. The van der Waals surface area contributed by atoms with Crippen LogP contribution in [0.3, 0.4) is 0 Å². The van der Waals surface area contributed by atoms with Gasteiger partial charge in [-0.3, -0.25) is 9.59 Å². The molecule has 0 aromatic heterocycles. The number of ether oxygens (including phenoxy) is 2. The van der Waals surface area contributed by atoms with Crippen LogP contribution in [0.25, 0.3) is 0 Å². The van der Waals surface area contributed by atoms with E-state index in [2.05, 4.69) is 19.2 Å². The van der Waals surface area contributed by atoms with Crippen LogP contribution >= 0.6 is 0 Å². The molecular formula is C21H32N2O4. The van der Waals surface area contributed by atoms with E-state index in [-0.39, 0.29) is 17.7 Å². The summed E-state index contributed by atoms with van der Waals surface area (Å²) in [5.74, 6) is 2.11. The number of nitrogens with zero attached hydrogens (tertiary/aromatic N) is 1. The lowest BCUT2D eigenvalue weighted by Gasteiger charge is -2.31. The molecule has 1 N–H and O–H groups in total. The summed E-state index contributed by atoms with van der Waals surface area (Å²) in [6.45, 7) is 6.19. The molecular weight excluding hydrogens is 344 g/mol. The molecule has 0 radical (unpaired) electrons. The Hall–Kier alpha value is -2.24. The van der Waals surface area contributed by atoms with E-state index in [0.717, 1.165) is 18.4 Å². The lowest BCUT2D eigenvalue weighted by Crippen LogP contribution is -2.43. The largest absolute Gasteiger partial charge is 0.493 e. The van der Waals surface area contributed by atoms with Crippen molar-refractivity contribution in [2.45, 2.75) is 39.5 Å². The molecule has 1 fully saturated rings. The van der Waals surface area contributed by atoms with Crippen LogP contribution in [-0.2, 0) is 16.0 Å². The van der Waals surface area contributed by atoms with Crippen molar-refractivity contribution in [1.29, 1.82) is 0 Å². The molecule has 1 aromatic rings. The molecule has 6 nitrogen and oxygen atoms in total. The Bertz CT molecular complexity index is 637. The average molecular weight is 376 g/mol. The Morgan fingerprint density at radius 2 is 1.81 bits per heavy atom. The average Bonchev–Trinajstić information content (AvgIpc) is 2.69. The highest BCUT2D eigenvalue weighted by molar-refractivity contribution is 5.80. The van der Waals surface area contributed by atoms with Gasteiger partial charge in [0.15, 0.2) is 11.5 Å². The normalized spacial score (nSPS) is 14.9. The molecule has 1 aromatic carbocycles. The lowest BCUT2D eigenvalue weighted by atomic mass is 9.95. The van der Waals surface area contributed by atoms with Crippen molar-refractivity contribution in [2.75, 3.05) is 33.9 Å². The van der Waals surface area contributed by atoms with E-state index in [1.165, 1.54) is 0 Å². The Balaban J connectivity index is 1.78. The molecule has 2 amide bonds. The van der Waals surface area contributed by atoms with E-state index in [9.17, 15) is 9.59 Å². The van der Waals surface area contributed by atoms with Crippen molar-refractivity contribution in [3.63, 3.8) is 0 Å². The van der Waals surface area contributed by atoms with E-state index in [1.54, 1.807) is 14.2 Å². The quantitative estimate of drug-likeness (QED) is 0.757. The van der Waals surface area contributed by atoms with Gasteiger partial charge >= 0.3 is 0 Å². The zero-order valence-corrected chi connectivity index (χ0v) is 16.9. The molecule has 6 heteroatoms. The molecule has 150 valence electrons. The number of carbonyl (C=O) groups excluding carboxylic acids is 2. The highest BCUT2D eigenvalue weighted by atomic mass is 16.5. The number of hydrogen-bond acceptors (Lipinski definition) is 4. The molecule has 0 saturated carbocycles. The van der Waals surface area contributed by atoms with Crippen LogP contribution in [0.4, 0.5) is 0 Å². The third kappa shape index (κ3) is 6.15. The number of amides is 2. The van der Waals surface area contributed by atoms with E-state index in [1.807, 2.05) is 23.1 Å². The fraction of sp³-hybridized carbons (Fsp3) is 0.619. The third-order valence-corrected chi connectivity index (χ3v) is 4.98. The van der Waals surface area contributed by atoms with Gasteiger partial charge in [-0.1, -0.05) is 19.9 Å². The van der Waals surface area contributed by atoms with Gasteiger partial charge in [0.05, 0.1) is 14.2 Å². The number of nitrogens with one attached hydrogen (secondary N) is 1. The number of methoxy groups -OCH3 is 2. The summed E-state index contributed by atoms with van der Waals surface area (Å²) >= 11 is 0. The van der Waals surface area contributed by atoms with Gasteiger partial charge in [-0.25, -0.2) is 0 Å². The molecule has 1 heterocycles. The minimum atomic E-state index is 0.0265. The molecule has 27 heavy (non-hydrogen) atoms. The third-order valence-electron chi connectivity index (χ3n) is 4.98. The van der Waals surface area contributed by atoms with Crippen LogP contribution in [0.1, 0.15) is 38.7 Å². The van der Waals surface area contributed by atoms with Crippen LogP contribution in [0.5, 0.6) is 11.5 Å². The van der Waals surface area contributed by atoms with E-state index in [0.29, 0.717) is 49.9 Å². The summed E-state index contributed by atoms with van der Waals surface area (Å²) in [5.41, 5.74) is 1.05. The highest BCUT2D eigenvalue weighted by Crippen LogP contribution is 2.28. The molecule has 0 spiro atoms. The van der Waals surface area contributed by atoms with E-state index >= 15 is 0 Å². The summed E-state index contributed by atoms with van der Waals surface area (Å²) < 4.78 is 10.5. The van der Waals surface area contributed by atoms with Gasteiger partial charge in [-0.05, 0) is 42.9 Å². The Morgan fingerprint density at radius 1 is 1.15 bits per heavy atom. The van der Waals surface area contributed by atoms with Gasteiger partial charge in [0.2, 0.25) is 11.8 Å². The Labute approximate surface area is 162 Å². The van der Waals surface area contributed by atoms with Crippen molar-refractivity contribution >= 4 is 11.8 Å². The standard InChI is InChI=1S/C21H32N2O4/c1-15(2)14-22-21(25)17-9-11-23(12-10-17)20(24)8-6-16-5-7-18(26-3)19(13-16)27-4/h5,7,13,15,17H,6,8-12,14H2,1-4H3,(H,22,25). The first kappa shape index (κ1) is 21.1. The molecule has 1 aliphatic heterocycles. The van der Waals surface area contributed by atoms with Crippen molar-refractivity contribution in [2.24, 2.45) is 11.8 Å². The second-order valence-corrected chi connectivity index (χ2v) is 7.48. The van der Waals surface area contributed by atoms with E-state index < -0.39 is 0 Å². The fourth-order valence-corrected chi connectivity index (χ4v) is 3.29. The number of aryl methyl sites for hydroxylation is 1. The van der Waals surface area contributed by atoms with Crippen molar-refractivity contribution < 1.29 is 19.1 Å². The number of hydrogen-bond donors (Lipinski definition) is 1. The molecule has 2 rings (SSSR count). The van der Waals surface area contributed by atoms with Crippen LogP contribution in [0, 0.1) is 11.8 Å². The first-order valence-electron chi connectivity index (χ1n) is 9.71. The summed E-state index contributed by atoms with van der Waals surface area (Å²) in [5, 5.41) is 3.00. The maximum Gasteiger partial charge on any atom is 0.223 e. The minimum absolute atomic E-state index is 0.0265. The second-order valence-electron chi connectivity index (χ2n) is 7.48. The Kier molecular flexibility index (Phi) is 7.95. The maximum atomic E-state index is 12.5. The van der Waals surface area contributed by atoms with Crippen molar-refractivity contribution in [1.82, 2.24) is 10.2 Å². The molecule has 0 atom stereocenters. The van der Waals surface area contributed by atoms with Crippen LogP contribution in [0.2, 0.25) is 0 Å². The van der Waals surface area contributed by atoms with Crippen molar-refractivity contribution in [3.05, 3.63) is 23.8 Å². The molecule has 0 bridgehead atoms. The number of carbonyl (C=O) groups is 2. The molecule has 1 saturated heterocycles. The van der Waals surface area contributed by atoms with Gasteiger partial charge in [-0.15, -0.1) is 0 Å². The van der Waals surface area contributed by atoms with E-state index in [4.69, 9.17) is 9.47 Å². The molecule has 0 unspecified atom stereocenters. The monoisotopic (exact) mass is 376 g/mol. The smallest absolute Gasteiger partial charge is 0.223 e. The zero-order valence-electron chi connectivity index (χ0n) is 16.9. The Morgan fingerprint density at radius 3 is 2.41 bits per heavy atom. The minimum Gasteiger partial charge on any atom is -0.493 e. The lowest BCUT2D eigenvalue weighted by molar-refractivity contribution is -0.135. The predicted molar refractivity (Wildman–Crippen MR) is 105 cm³/mol. The van der Waals surface area contributed by atoms with Gasteiger partial charge in [-0.2, -0.15) is 0 Å². The highest BCUT2D eigenvalue weighted by Gasteiger charge is 2.27. The molecule has 0 aliphatic carbocycles. The number of piperidine rings is 1. The number of benzene rings is 1.